The highest BCUT2D eigenvalue weighted by atomic mass is 32.1. The van der Waals surface area contributed by atoms with E-state index in [0.29, 0.717) is 25.6 Å². The number of carbonyl (C=O) groups is 1. The number of amides is 1. The van der Waals surface area contributed by atoms with E-state index in [1.165, 1.54) is 5.56 Å². The normalized spacial score (nSPS) is 11.2. The molecule has 0 atom stereocenters. The molecule has 2 N–H and O–H groups in total. The van der Waals surface area contributed by atoms with Crippen molar-refractivity contribution in [3.63, 3.8) is 0 Å². The maximum Gasteiger partial charge on any atom is 0.231 e. The molecule has 6 heteroatoms. The zero-order valence-electron chi connectivity index (χ0n) is 20.1. The van der Waals surface area contributed by atoms with Gasteiger partial charge in [0.05, 0.1) is 13.2 Å². The molecule has 2 aromatic carbocycles. The first-order valence-electron chi connectivity index (χ1n) is 11.1. The minimum Gasteiger partial charge on any atom is -0.493 e. The Morgan fingerprint density at radius 1 is 1.09 bits per heavy atom. The summed E-state index contributed by atoms with van der Waals surface area (Å²) < 4.78 is 11.7. The average molecular weight is 457 g/mol. The Labute approximate surface area is 197 Å². The van der Waals surface area contributed by atoms with Crippen molar-refractivity contribution in [3.8, 4) is 11.5 Å². The van der Waals surface area contributed by atoms with E-state index < -0.39 is 5.41 Å². The Morgan fingerprint density at radius 3 is 2.56 bits per heavy atom. The zero-order chi connectivity index (χ0) is 23.7. The van der Waals surface area contributed by atoms with Crippen LogP contribution in [0.4, 0.5) is 5.69 Å². The van der Waals surface area contributed by atoms with E-state index in [9.17, 15) is 4.79 Å². The molecule has 0 aliphatic rings. The van der Waals surface area contributed by atoms with E-state index in [1.807, 2.05) is 58.0 Å². The van der Waals surface area contributed by atoms with Crippen molar-refractivity contribution in [3.05, 3.63) is 53.6 Å². The van der Waals surface area contributed by atoms with Crippen LogP contribution in [-0.2, 0) is 4.79 Å². The molecule has 0 spiro atoms. The molecule has 0 bridgehead atoms. The summed E-state index contributed by atoms with van der Waals surface area (Å²) in [7, 11) is 0. The number of anilines is 1. The number of aryl methyl sites for hydroxylation is 2. The van der Waals surface area contributed by atoms with Crippen molar-refractivity contribution in [2.24, 2.45) is 11.3 Å². The molecule has 0 radical (unpaired) electrons. The molecular formula is C26H36N2O3S. The maximum absolute atomic E-state index is 12.8. The fourth-order valence-electron chi connectivity index (χ4n) is 3.03. The van der Waals surface area contributed by atoms with E-state index in [2.05, 4.69) is 36.6 Å². The van der Waals surface area contributed by atoms with Crippen LogP contribution in [0.15, 0.2) is 42.5 Å². The predicted molar refractivity (Wildman–Crippen MR) is 136 cm³/mol. The molecule has 0 unspecified atom stereocenters. The molecule has 0 saturated heterocycles. The van der Waals surface area contributed by atoms with Crippen molar-refractivity contribution in [1.29, 1.82) is 0 Å². The van der Waals surface area contributed by atoms with Crippen LogP contribution in [-0.4, -0.2) is 24.2 Å². The summed E-state index contributed by atoms with van der Waals surface area (Å²) in [5.41, 5.74) is 2.49. The van der Waals surface area contributed by atoms with Crippen molar-refractivity contribution in [1.82, 2.24) is 5.32 Å². The number of nitrogens with one attached hydrogen (secondary N) is 2. The number of carbonyl (C=O) groups excluding carboxylic acids is 1. The van der Waals surface area contributed by atoms with E-state index in [4.69, 9.17) is 21.7 Å². The van der Waals surface area contributed by atoms with Gasteiger partial charge in [0.15, 0.2) is 5.11 Å². The summed E-state index contributed by atoms with van der Waals surface area (Å²) in [6, 6.07) is 13.7. The summed E-state index contributed by atoms with van der Waals surface area (Å²) in [5.74, 6) is 1.99. The average Bonchev–Trinajstić information content (AvgIpc) is 2.72. The van der Waals surface area contributed by atoms with Gasteiger partial charge in [0.2, 0.25) is 5.91 Å². The summed E-state index contributed by atoms with van der Waals surface area (Å²) in [6.45, 7) is 13.3. The number of benzene rings is 2. The molecule has 5 nitrogen and oxygen atoms in total. The molecule has 2 rings (SSSR count). The van der Waals surface area contributed by atoms with Gasteiger partial charge in [-0.1, -0.05) is 45.9 Å². The van der Waals surface area contributed by atoms with Crippen LogP contribution in [0.25, 0.3) is 0 Å². The van der Waals surface area contributed by atoms with Crippen molar-refractivity contribution >= 4 is 28.9 Å². The second-order valence-electron chi connectivity index (χ2n) is 9.25. The van der Waals surface area contributed by atoms with Gasteiger partial charge in [0, 0.05) is 17.2 Å². The summed E-state index contributed by atoms with van der Waals surface area (Å²) >= 11 is 5.35. The van der Waals surface area contributed by atoms with Crippen LogP contribution in [0.5, 0.6) is 11.5 Å². The quantitative estimate of drug-likeness (QED) is 0.337. The third kappa shape index (κ3) is 8.50. The molecule has 0 aliphatic heterocycles. The molecule has 0 aliphatic carbocycles. The molecule has 0 saturated carbocycles. The van der Waals surface area contributed by atoms with Gasteiger partial charge < -0.3 is 20.1 Å². The van der Waals surface area contributed by atoms with E-state index in [1.54, 1.807) is 0 Å². The Kier molecular flexibility index (Phi) is 9.51. The highest BCUT2D eigenvalue weighted by molar-refractivity contribution is 7.80. The molecule has 0 aromatic heterocycles. The zero-order valence-corrected chi connectivity index (χ0v) is 20.9. The Hall–Kier alpha value is -2.60. The van der Waals surface area contributed by atoms with Gasteiger partial charge in [-0.15, -0.1) is 0 Å². The second kappa shape index (κ2) is 11.9. The first kappa shape index (κ1) is 25.7. The SMILES string of the molecule is Cc1ccc(C)c(OCCCC(C)(C)C(=O)NC(=S)Nc2cccc(OCC(C)C)c2)c1. The lowest BCUT2D eigenvalue weighted by Crippen LogP contribution is -2.42. The van der Waals surface area contributed by atoms with Gasteiger partial charge in [-0.05, 0) is 74.2 Å². The predicted octanol–water partition coefficient (Wildman–Crippen LogP) is 6.04. The first-order valence-corrected chi connectivity index (χ1v) is 11.5. The number of hydrogen-bond donors (Lipinski definition) is 2. The minimum absolute atomic E-state index is 0.117. The third-order valence-corrected chi connectivity index (χ3v) is 5.27. The number of ether oxygens (including phenoxy) is 2. The first-order chi connectivity index (χ1) is 15.1. The largest absolute Gasteiger partial charge is 0.493 e. The van der Waals surface area contributed by atoms with Crippen LogP contribution in [0.2, 0.25) is 0 Å². The van der Waals surface area contributed by atoms with Crippen molar-refractivity contribution in [2.45, 2.75) is 54.4 Å². The molecule has 32 heavy (non-hydrogen) atoms. The van der Waals surface area contributed by atoms with Crippen LogP contribution in [0, 0.1) is 25.2 Å². The lowest BCUT2D eigenvalue weighted by molar-refractivity contribution is -0.128. The second-order valence-corrected chi connectivity index (χ2v) is 9.65. The van der Waals surface area contributed by atoms with E-state index in [-0.39, 0.29) is 11.0 Å². The smallest absolute Gasteiger partial charge is 0.231 e. The molecule has 174 valence electrons. The Balaban J connectivity index is 1.80. The van der Waals surface area contributed by atoms with Gasteiger partial charge in [0.25, 0.3) is 0 Å². The molecule has 0 fully saturated rings. The molecule has 0 heterocycles. The topological polar surface area (TPSA) is 59.6 Å². The van der Waals surface area contributed by atoms with Gasteiger partial charge in [-0.2, -0.15) is 0 Å². The summed E-state index contributed by atoms with van der Waals surface area (Å²) in [4.78, 5) is 12.8. The molecular weight excluding hydrogens is 420 g/mol. The van der Waals surface area contributed by atoms with Crippen LogP contribution >= 0.6 is 12.2 Å². The van der Waals surface area contributed by atoms with Crippen molar-refractivity contribution in [2.75, 3.05) is 18.5 Å². The monoisotopic (exact) mass is 456 g/mol. The Morgan fingerprint density at radius 2 is 1.84 bits per heavy atom. The fourth-order valence-corrected chi connectivity index (χ4v) is 3.24. The van der Waals surface area contributed by atoms with Gasteiger partial charge in [-0.3, -0.25) is 4.79 Å². The lowest BCUT2D eigenvalue weighted by Gasteiger charge is -2.24. The fraction of sp³-hybridized carbons (Fsp3) is 0.462. The Bertz CT molecular complexity index is 925. The maximum atomic E-state index is 12.8. The highest BCUT2D eigenvalue weighted by Crippen LogP contribution is 2.24. The van der Waals surface area contributed by atoms with Crippen LogP contribution in [0.1, 0.15) is 51.7 Å². The standard InChI is InChI=1S/C26H36N2O3S/c1-18(2)17-31-22-10-7-9-21(16-22)27-25(32)28-24(29)26(5,6)13-8-14-30-23-15-19(3)11-12-20(23)4/h7,9-12,15-16,18H,8,13-14,17H2,1-6H3,(H2,27,28,29,32). The highest BCUT2D eigenvalue weighted by Gasteiger charge is 2.27. The minimum atomic E-state index is -0.570. The molecule has 1 amide bonds. The molecule has 2 aromatic rings. The third-order valence-electron chi connectivity index (χ3n) is 5.06. The summed E-state index contributed by atoms with van der Waals surface area (Å²) in [5, 5.41) is 6.16. The number of thiocarbonyl (C=S) groups is 1. The van der Waals surface area contributed by atoms with Crippen molar-refractivity contribution < 1.29 is 14.3 Å². The van der Waals surface area contributed by atoms with Crippen LogP contribution in [0.3, 0.4) is 0 Å². The lowest BCUT2D eigenvalue weighted by atomic mass is 9.87. The number of hydrogen-bond acceptors (Lipinski definition) is 4. The van der Waals surface area contributed by atoms with Gasteiger partial charge >= 0.3 is 0 Å². The van der Waals surface area contributed by atoms with Crippen LogP contribution < -0.4 is 20.1 Å². The van der Waals surface area contributed by atoms with Gasteiger partial charge in [-0.25, -0.2) is 0 Å². The van der Waals surface area contributed by atoms with E-state index >= 15 is 0 Å². The van der Waals surface area contributed by atoms with E-state index in [0.717, 1.165) is 29.2 Å². The summed E-state index contributed by atoms with van der Waals surface area (Å²) in [6.07, 6.45) is 1.45. The van der Waals surface area contributed by atoms with Gasteiger partial charge in [0.1, 0.15) is 11.5 Å². The number of rotatable bonds is 10.